The minimum atomic E-state index is 0.311. The summed E-state index contributed by atoms with van der Waals surface area (Å²) in [5.41, 5.74) is 6.02. The fraction of sp³-hybridized carbons (Fsp3) is 0.417. The van der Waals surface area contributed by atoms with Crippen molar-refractivity contribution in [1.29, 1.82) is 0 Å². The zero-order valence-corrected chi connectivity index (χ0v) is 15.9. The summed E-state index contributed by atoms with van der Waals surface area (Å²) < 4.78 is 0. The molecule has 2 heteroatoms. The molecule has 4 rings (SSSR count). The van der Waals surface area contributed by atoms with Gasteiger partial charge in [0.15, 0.2) is 0 Å². The maximum atomic E-state index is 3.63. The molecule has 0 bridgehead atoms. The second kappa shape index (κ2) is 7.67. The lowest BCUT2D eigenvalue weighted by atomic mass is 9.74. The van der Waals surface area contributed by atoms with E-state index >= 15 is 0 Å². The van der Waals surface area contributed by atoms with E-state index in [4.69, 9.17) is 0 Å². The van der Waals surface area contributed by atoms with Gasteiger partial charge in [-0.15, -0.1) is 0 Å². The Kier molecular flexibility index (Phi) is 5.12. The van der Waals surface area contributed by atoms with Crippen molar-refractivity contribution in [3.63, 3.8) is 0 Å². The van der Waals surface area contributed by atoms with Crippen molar-refractivity contribution >= 4 is 11.8 Å². The SMILES string of the molecule is CCc1ccccc1NCCCN1CCC2(C=Cc3ccccc32)CC1. The van der Waals surface area contributed by atoms with Gasteiger partial charge < -0.3 is 10.2 Å². The predicted octanol–water partition coefficient (Wildman–Crippen LogP) is 5.11. The Morgan fingerprint density at radius 3 is 2.62 bits per heavy atom. The Balaban J connectivity index is 1.25. The molecule has 0 unspecified atom stereocenters. The second-order valence-electron chi connectivity index (χ2n) is 7.71. The van der Waals surface area contributed by atoms with Gasteiger partial charge in [-0.05, 0) is 68.1 Å². The monoisotopic (exact) mass is 346 g/mol. The molecule has 2 nitrogen and oxygen atoms in total. The Morgan fingerprint density at radius 1 is 1.00 bits per heavy atom. The Hall–Kier alpha value is -2.06. The largest absolute Gasteiger partial charge is 0.385 e. The molecule has 2 aromatic rings. The Morgan fingerprint density at radius 2 is 1.77 bits per heavy atom. The number of hydrogen-bond acceptors (Lipinski definition) is 2. The van der Waals surface area contributed by atoms with Crippen LogP contribution in [0.5, 0.6) is 0 Å². The van der Waals surface area contributed by atoms with Gasteiger partial charge in [-0.2, -0.15) is 0 Å². The van der Waals surface area contributed by atoms with Crippen molar-refractivity contribution in [2.24, 2.45) is 0 Å². The highest BCUT2D eigenvalue weighted by molar-refractivity contribution is 5.65. The van der Waals surface area contributed by atoms with Gasteiger partial charge in [0.2, 0.25) is 0 Å². The summed E-state index contributed by atoms with van der Waals surface area (Å²) in [5, 5.41) is 3.63. The molecule has 1 saturated heterocycles. The maximum absolute atomic E-state index is 3.63. The lowest BCUT2D eigenvalue weighted by Crippen LogP contribution is -2.41. The number of anilines is 1. The van der Waals surface area contributed by atoms with Crippen molar-refractivity contribution in [3.8, 4) is 0 Å². The number of likely N-dealkylation sites (tertiary alicyclic amines) is 1. The van der Waals surface area contributed by atoms with Crippen molar-refractivity contribution in [2.45, 2.75) is 38.0 Å². The van der Waals surface area contributed by atoms with Crippen LogP contribution in [-0.2, 0) is 11.8 Å². The third kappa shape index (κ3) is 3.43. The average Bonchev–Trinajstić information content (AvgIpc) is 3.05. The van der Waals surface area contributed by atoms with Gasteiger partial charge in [0.25, 0.3) is 0 Å². The minimum absolute atomic E-state index is 0.311. The molecular formula is C24H30N2. The van der Waals surface area contributed by atoms with Gasteiger partial charge in [0, 0.05) is 17.6 Å². The van der Waals surface area contributed by atoms with Gasteiger partial charge >= 0.3 is 0 Å². The Labute approximate surface area is 157 Å². The van der Waals surface area contributed by atoms with Crippen molar-refractivity contribution in [2.75, 3.05) is 31.5 Å². The van der Waals surface area contributed by atoms with Gasteiger partial charge in [-0.3, -0.25) is 0 Å². The van der Waals surface area contributed by atoms with Crippen molar-refractivity contribution in [3.05, 3.63) is 71.3 Å². The first-order valence-electron chi connectivity index (χ1n) is 10.1. The van der Waals surface area contributed by atoms with E-state index < -0.39 is 0 Å². The van der Waals surface area contributed by atoms with Gasteiger partial charge in [0.1, 0.15) is 0 Å². The molecule has 0 aromatic heterocycles. The Bertz CT molecular complexity index is 769. The van der Waals surface area contributed by atoms with E-state index in [1.54, 1.807) is 5.56 Å². The van der Waals surface area contributed by atoms with E-state index in [-0.39, 0.29) is 0 Å². The van der Waals surface area contributed by atoms with E-state index in [0.29, 0.717) is 5.41 Å². The second-order valence-corrected chi connectivity index (χ2v) is 7.71. The summed E-state index contributed by atoms with van der Waals surface area (Å²) in [5.74, 6) is 0. The topological polar surface area (TPSA) is 15.3 Å². The lowest BCUT2D eigenvalue weighted by Gasteiger charge is -2.39. The number of rotatable bonds is 6. The normalized spacial score (nSPS) is 18.2. The molecule has 2 aliphatic rings. The van der Waals surface area contributed by atoms with Crippen LogP contribution in [0.25, 0.3) is 6.08 Å². The van der Waals surface area contributed by atoms with Crippen LogP contribution in [0.1, 0.15) is 42.9 Å². The number of allylic oxidation sites excluding steroid dienone is 1. The number of fused-ring (bicyclic) bond motifs is 2. The first-order chi connectivity index (χ1) is 12.8. The maximum Gasteiger partial charge on any atom is 0.0372 e. The molecule has 1 fully saturated rings. The number of hydrogen-bond donors (Lipinski definition) is 1. The van der Waals surface area contributed by atoms with Crippen molar-refractivity contribution in [1.82, 2.24) is 4.90 Å². The molecule has 1 spiro atoms. The van der Waals surface area contributed by atoms with Crippen LogP contribution in [0.2, 0.25) is 0 Å². The molecule has 26 heavy (non-hydrogen) atoms. The van der Waals surface area contributed by atoms with E-state index in [0.717, 1.165) is 13.0 Å². The molecule has 0 atom stereocenters. The third-order valence-electron chi connectivity index (χ3n) is 6.19. The summed E-state index contributed by atoms with van der Waals surface area (Å²) in [6.07, 6.45) is 9.61. The number of nitrogens with one attached hydrogen (secondary N) is 1. The minimum Gasteiger partial charge on any atom is -0.385 e. The quantitative estimate of drug-likeness (QED) is 0.731. The molecule has 136 valence electrons. The van der Waals surface area contributed by atoms with Crippen molar-refractivity contribution < 1.29 is 0 Å². The molecule has 1 heterocycles. The van der Waals surface area contributed by atoms with E-state index in [1.165, 1.54) is 55.7 Å². The van der Waals surface area contributed by atoms with Gasteiger partial charge in [-0.25, -0.2) is 0 Å². The van der Waals surface area contributed by atoms with Crippen LogP contribution < -0.4 is 5.32 Å². The zero-order valence-electron chi connectivity index (χ0n) is 15.9. The molecule has 2 aromatic carbocycles. The molecule has 0 amide bonds. The fourth-order valence-corrected chi connectivity index (χ4v) is 4.57. The molecule has 0 saturated carbocycles. The van der Waals surface area contributed by atoms with Crippen LogP contribution in [0, 0.1) is 0 Å². The van der Waals surface area contributed by atoms with Crippen LogP contribution in [-0.4, -0.2) is 31.1 Å². The standard InChI is InChI=1S/C24H30N2/c1-2-20-8-4-6-11-23(20)25-16-7-17-26-18-14-24(15-19-26)13-12-21-9-3-5-10-22(21)24/h3-6,8-13,25H,2,7,14-19H2,1H3. The van der Waals surface area contributed by atoms with Crippen LogP contribution in [0.15, 0.2) is 54.6 Å². The molecule has 1 aliphatic carbocycles. The first kappa shape index (κ1) is 17.4. The highest BCUT2D eigenvalue weighted by Gasteiger charge is 2.37. The predicted molar refractivity (Wildman–Crippen MR) is 112 cm³/mol. The lowest BCUT2D eigenvalue weighted by molar-refractivity contribution is 0.184. The third-order valence-corrected chi connectivity index (χ3v) is 6.19. The summed E-state index contributed by atoms with van der Waals surface area (Å²) in [6.45, 7) is 6.90. The summed E-state index contributed by atoms with van der Waals surface area (Å²) >= 11 is 0. The highest BCUT2D eigenvalue weighted by Crippen LogP contribution is 2.43. The number of aryl methyl sites for hydroxylation is 1. The molecular weight excluding hydrogens is 316 g/mol. The summed E-state index contributed by atoms with van der Waals surface area (Å²) in [6, 6.07) is 17.6. The van der Waals surface area contributed by atoms with Gasteiger partial charge in [0.05, 0.1) is 0 Å². The van der Waals surface area contributed by atoms with E-state index in [1.807, 2.05) is 0 Å². The number of piperidine rings is 1. The molecule has 0 radical (unpaired) electrons. The fourth-order valence-electron chi connectivity index (χ4n) is 4.57. The zero-order chi connectivity index (χ0) is 17.8. The molecule has 1 N–H and O–H groups in total. The smallest absolute Gasteiger partial charge is 0.0372 e. The van der Waals surface area contributed by atoms with E-state index in [9.17, 15) is 0 Å². The number of para-hydroxylation sites is 1. The first-order valence-corrected chi connectivity index (χ1v) is 10.1. The van der Waals surface area contributed by atoms with Gasteiger partial charge in [-0.1, -0.05) is 61.5 Å². The molecule has 1 aliphatic heterocycles. The summed E-state index contributed by atoms with van der Waals surface area (Å²) in [4.78, 5) is 2.65. The van der Waals surface area contributed by atoms with Crippen LogP contribution >= 0.6 is 0 Å². The van der Waals surface area contributed by atoms with E-state index in [2.05, 4.69) is 77.8 Å². The van der Waals surface area contributed by atoms with Crippen LogP contribution in [0.4, 0.5) is 5.69 Å². The number of nitrogens with zero attached hydrogens (tertiary/aromatic N) is 1. The highest BCUT2D eigenvalue weighted by atomic mass is 15.1. The number of benzene rings is 2. The van der Waals surface area contributed by atoms with Crippen LogP contribution in [0.3, 0.4) is 0 Å². The average molecular weight is 347 g/mol. The summed E-state index contributed by atoms with van der Waals surface area (Å²) in [7, 11) is 0.